The highest BCUT2D eigenvalue weighted by molar-refractivity contribution is 6.16. The molecule has 1 heterocycles. The molecular formula is C13H9ClN2O. The lowest BCUT2D eigenvalue weighted by Gasteiger charge is -1.99. The molecule has 2 aromatic carbocycles. The summed E-state index contributed by atoms with van der Waals surface area (Å²) < 4.78 is 5.41. The van der Waals surface area contributed by atoms with Gasteiger partial charge in [-0.15, -0.1) is 21.8 Å². The molecule has 0 aliphatic carbocycles. The fourth-order valence-corrected chi connectivity index (χ4v) is 1.85. The highest BCUT2D eigenvalue weighted by Crippen LogP contribution is 2.23. The second kappa shape index (κ2) is 4.18. The summed E-state index contributed by atoms with van der Waals surface area (Å²) in [5, 5.41) is 10.1. The van der Waals surface area contributed by atoms with Crippen molar-refractivity contribution in [1.29, 1.82) is 0 Å². The smallest absolute Gasteiger partial charge is 0.247 e. The normalized spacial score (nSPS) is 10.9. The van der Waals surface area contributed by atoms with Gasteiger partial charge in [0.25, 0.3) is 0 Å². The van der Waals surface area contributed by atoms with E-state index in [0.29, 0.717) is 11.8 Å². The number of rotatable bonds is 2. The molecule has 0 N–H and O–H groups in total. The molecule has 0 amide bonds. The molecule has 3 nitrogen and oxygen atoms in total. The Bertz CT molecular complexity index is 663. The Labute approximate surface area is 103 Å². The van der Waals surface area contributed by atoms with Crippen molar-refractivity contribution in [2.24, 2.45) is 0 Å². The molecule has 17 heavy (non-hydrogen) atoms. The summed E-state index contributed by atoms with van der Waals surface area (Å²) in [5.74, 6) is 1.18. The third kappa shape index (κ3) is 1.89. The summed E-state index contributed by atoms with van der Waals surface area (Å²) in [4.78, 5) is 0. The first-order valence-corrected chi connectivity index (χ1v) is 5.78. The second-order valence-electron chi connectivity index (χ2n) is 3.70. The minimum absolute atomic E-state index is 0.237. The Balaban J connectivity index is 2.11. The third-order valence-electron chi connectivity index (χ3n) is 2.58. The fraction of sp³-hybridized carbons (Fsp3) is 0.0769. The van der Waals surface area contributed by atoms with Crippen molar-refractivity contribution in [3.8, 4) is 11.5 Å². The van der Waals surface area contributed by atoms with Gasteiger partial charge in [0.2, 0.25) is 11.8 Å². The van der Waals surface area contributed by atoms with E-state index in [0.717, 1.165) is 10.9 Å². The summed E-state index contributed by atoms with van der Waals surface area (Å²) in [7, 11) is 0. The Morgan fingerprint density at radius 1 is 1.00 bits per heavy atom. The maximum Gasteiger partial charge on any atom is 0.247 e. The Kier molecular flexibility index (Phi) is 2.53. The van der Waals surface area contributed by atoms with Gasteiger partial charge in [0.1, 0.15) is 5.88 Å². The molecule has 0 saturated carbocycles. The van der Waals surface area contributed by atoms with Crippen LogP contribution in [0.3, 0.4) is 0 Å². The molecule has 0 unspecified atom stereocenters. The minimum atomic E-state index is 0.237. The number of halogens is 1. The van der Waals surface area contributed by atoms with E-state index in [1.807, 2.05) is 30.3 Å². The zero-order chi connectivity index (χ0) is 11.7. The molecule has 0 fully saturated rings. The van der Waals surface area contributed by atoms with Crippen LogP contribution < -0.4 is 0 Å². The highest BCUT2D eigenvalue weighted by Gasteiger charge is 2.07. The van der Waals surface area contributed by atoms with Crippen LogP contribution in [0.1, 0.15) is 5.89 Å². The maximum absolute atomic E-state index is 5.63. The van der Waals surface area contributed by atoms with Gasteiger partial charge in [-0.2, -0.15) is 0 Å². The Morgan fingerprint density at radius 2 is 1.82 bits per heavy atom. The zero-order valence-electron chi connectivity index (χ0n) is 8.93. The van der Waals surface area contributed by atoms with Gasteiger partial charge in [-0.1, -0.05) is 30.3 Å². The first-order chi connectivity index (χ1) is 8.36. The molecule has 3 aromatic rings. The molecule has 84 valence electrons. The van der Waals surface area contributed by atoms with Crippen LogP contribution >= 0.6 is 11.6 Å². The second-order valence-corrected chi connectivity index (χ2v) is 3.96. The topological polar surface area (TPSA) is 38.9 Å². The van der Waals surface area contributed by atoms with Crippen LogP contribution in [-0.2, 0) is 5.88 Å². The van der Waals surface area contributed by atoms with Crippen molar-refractivity contribution in [3.63, 3.8) is 0 Å². The highest BCUT2D eigenvalue weighted by atomic mass is 35.5. The molecule has 0 saturated heterocycles. The van der Waals surface area contributed by atoms with Gasteiger partial charge < -0.3 is 4.42 Å². The van der Waals surface area contributed by atoms with Crippen LogP contribution in [-0.4, -0.2) is 10.2 Å². The summed E-state index contributed by atoms with van der Waals surface area (Å²) in [6, 6.07) is 14.2. The van der Waals surface area contributed by atoms with Gasteiger partial charge in [0.15, 0.2) is 0 Å². The fourth-order valence-electron chi connectivity index (χ4n) is 1.75. The van der Waals surface area contributed by atoms with Crippen molar-refractivity contribution in [2.45, 2.75) is 5.88 Å². The van der Waals surface area contributed by atoms with Gasteiger partial charge in [-0.3, -0.25) is 0 Å². The molecule has 3 rings (SSSR count). The summed E-state index contributed by atoms with van der Waals surface area (Å²) in [6.07, 6.45) is 0. The van der Waals surface area contributed by atoms with Crippen LogP contribution in [0, 0.1) is 0 Å². The van der Waals surface area contributed by atoms with E-state index in [-0.39, 0.29) is 5.88 Å². The van der Waals surface area contributed by atoms with E-state index < -0.39 is 0 Å². The molecule has 4 heteroatoms. The quantitative estimate of drug-likeness (QED) is 0.646. The largest absolute Gasteiger partial charge is 0.419 e. The molecule has 0 bridgehead atoms. The number of aromatic nitrogens is 2. The molecule has 0 radical (unpaired) electrons. The van der Waals surface area contributed by atoms with E-state index in [1.54, 1.807) is 0 Å². The average Bonchev–Trinajstić information content (AvgIpc) is 2.87. The third-order valence-corrected chi connectivity index (χ3v) is 2.81. The maximum atomic E-state index is 5.63. The lowest BCUT2D eigenvalue weighted by atomic mass is 10.1. The number of nitrogens with zero attached hydrogens (tertiary/aromatic N) is 2. The van der Waals surface area contributed by atoms with Gasteiger partial charge in [-0.05, 0) is 22.9 Å². The van der Waals surface area contributed by atoms with E-state index in [1.165, 1.54) is 5.39 Å². The zero-order valence-corrected chi connectivity index (χ0v) is 9.69. The van der Waals surface area contributed by atoms with Crippen molar-refractivity contribution < 1.29 is 4.42 Å². The first kappa shape index (κ1) is 10.3. The average molecular weight is 245 g/mol. The van der Waals surface area contributed by atoms with Crippen molar-refractivity contribution >= 4 is 22.4 Å². The lowest BCUT2D eigenvalue weighted by molar-refractivity contribution is 0.527. The predicted molar refractivity (Wildman–Crippen MR) is 66.8 cm³/mol. The lowest BCUT2D eigenvalue weighted by Crippen LogP contribution is -1.79. The van der Waals surface area contributed by atoms with E-state index in [4.69, 9.17) is 16.0 Å². The number of benzene rings is 2. The summed E-state index contributed by atoms with van der Waals surface area (Å²) >= 11 is 5.63. The molecule has 0 aliphatic rings. The molecule has 1 aromatic heterocycles. The number of hydrogen-bond donors (Lipinski definition) is 0. The number of fused-ring (bicyclic) bond motifs is 1. The van der Waals surface area contributed by atoms with Gasteiger partial charge in [0.05, 0.1) is 0 Å². The van der Waals surface area contributed by atoms with E-state index >= 15 is 0 Å². The van der Waals surface area contributed by atoms with Crippen LogP contribution in [0.4, 0.5) is 0 Å². The number of alkyl halides is 1. The Hall–Kier alpha value is -1.87. The van der Waals surface area contributed by atoms with Crippen molar-refractivity contribution in [1.82, 2.24) is 10.2 Å². The Morgan fingerprint density at radius 3 is 2.59 bits per heavy atom. The van der Waals surface area contributed by atoms with E-state index in [9.17, 15) is 0 Å². The summed E-state index contributed by atoms with van der Waals surface area (Å²) in [5.41, 5.74) is 0.910. The van der Waals surface area contributed by atoms with Crippen molar-refractivity contribution in [3.05, 3.63) is 48.4 Å². The van der Waals surface area contributed by atoms with Gasteiger partial charge >= 0.3 is 0 Å². The standard InChI is InChI=1S/C13H9ClN2O/c14-8-12-15-16-13(17-12)11-6-5-9-3-1-2-4-10(9)7-11/h1-7H,8H2. The van der Waals surface area contributed by atoms with Gasteiger partial charge in [-0.25, -0.2) is 0 Å². The molecule has 0 atom stereocenters. The molecular weight excluding hydrogens is 236 g/mol. The van der Waals surface area contributed by atoms with Gasteiger partial charge in [0, 0.05) is 5.56 Å². The van der Waals surface area contributed by atoms with Crippen LogP contribution in [0.15, 0.2) is 46.9 Å². The molecule has 0 spiro atoms. The van der Waals surface area contributed by atoms with Crippen LogP contribution in [0.25, 0.3) is 22.2 Å². The predicted octanol–water partition coefficient (Wildman–Crippen LogP) is 3.63. The van der Waals surface area contributed by atoms with E-state index in [2.05, 4.69) is 22.3 Å². The summed E-state index contributed by atoms with van der Waals surface area (Å²) in [6.45, 7) is 0. The van der Waals surface area contributed by atoms with Crippen molar-refractivity contribution in [2.75, 3.05) is 0 Å². The monoisotopic (exact) mass is 244 g/mol. The van der Waals surface area contributed by atoms with Crippen LogP contribution in [0.5, 0.6) is 0 Å². The SMILES string of the molecule is ClCc1nnc(-c2ccc3ccccc3c2)o1. The number of hydrogen-bond acceptors (Lipinski definition) is 3. The molecule has 0 aliphatic heterocycles. The first-order valence-electron chi connectivity index (χ1n) is 5.24. The van der Waals surface area contributed by atoms with Crippen LogP contribution in [0.2, 0.25) is 0 Å². The minimum Gasteiger partial charge on any atom is -0.419 e.